The van der Waals surface area contributed by atoms with Gasteiger partial charge in [0.25, 0.3) is 0 Å². The first-order chi connectivity index (χ1) is 9.06. The third kappa shape index (κ3) is 5.37. The number of likely N-dealkylation sites (N-methyl/N-ethyl adjacent to an activating group) is 1. The molecule has 0 unspecified atom stereocenters. The Hall–Kier alpha value is -0.810. The van der Waals surface area contributed by atoms with Crippen LogP contribution in [0.5, 0.6) is 0 Å². The SMILES string of the molecule is COCCOCC(=O)N(C)Cc1cccc(Cl)c1Cl. The lowest BCUT2D eigenvalue weighted by Gasteiger charge is -2.18. The van der Waals surface area contributed by atoms with Gasteiger partial charge in [-0.1, -0.05) is 35.3 Å². The van der Waals surface area contributed by atoms with Gasteiger partial charge in [-0.05, 0) is 11.6 Å². The van der Waals surface area contributed by atoms with Crippen molar-refractivity contribution in [3.63, 3.8) is 0 Å². The van der Waals surface area contributed by atoms with Gasteiger partial charge in [0.1, 0.15) is 6.61 Å². The summed E-state index contributed by atoms with van der Waals surface area (Å²) < 4.78 is 10.0. The maximum absolute atomic E-state index is 11.8. The van der Waals surface area contributed by atoms with Gasteiger partial charge in [0.15, 0.2) is 0 Å². The second-order valence-electron chi connectivity index (χ2n) is 4.01. The number of hydrogen-bond donors (Lipinski definition) is 0. The van der Waals surface area contributed by atoms with E-state index in [1.807, 2.05) is 6.07 Å². The van der Waals surface area contributed by atoms with Crippen molar-refractivity contribution in [2.45, 2.75) is 6.54 Å². The van der Waals surface area contributed by atoms with Crippen molar-refractivity contribution >= 4 is 29.1 Å². The number of amides is 1. The number of carbonyl (C=O) groups excluding carboxylic acids is 1. The zero-order valence-electron chi connectivity index (χ0n) is 11.0. The average molecular weight is 306 g/mol. The number of benzene rings is 1. The average Bonchev–Trinajstić information content (AvgIpc) is 2.39. The Morgan fingerprint density at radius 2 is 2.05 bits per heavy atom. The minimum atomic E-state index is -0.118. The van der Waals surface area contributed by atoms with Gasteiger partial charge in [-0.25, -0.2) is 0 Å². The van der Waals surface area contributed by atoms with E-state index in [4.69, 9.17) is 32.7 Å². The zero-order valence-corrected chi connectivity index (χ0v) is 12.5. The number of hydrogen-bond acceptors (Lipinski definition) is 3. The Kier molecular flexibility index (Phi) is 7.16. The second kappa shape index (κ2) is 8.38. The lowest BCUT2D eigenvalue weighted by atomic mass is 10.2. The number of methoxy groups -OCH3 is 1. The van der Waals surface area contributed by atoms with Gasteiger partial charge >= 0.3 is 0 Å². The van der Waals surface area contributed by atoms with Crippen LogP contribution in [0.4, 0.5) is 0 Å². The molecule has 6 heteroatoms. The summed E-state index contributed by atoms with van der Waals surface area (Å²) >= 11 is 12.0. The van der Waals surface area contributed by atoms with Gasteiger partial charge in [-0.2, -0.15) is 0 Å². The predicted octanol–water partition coefficient (Wildman–Crippen LogP) is 2.61. The third-order valence-corrected chi connectivity index (χ3v) is 3.38. The standard InChI is InChI=1S/C13H17Cl2NO3/c1-16(12(17)9-19-7-6-18-2)8-10-4-3-5-11(14)13(10)15/h3-5H,6-9H2,1-2H3. The lowest BCUT2D eigenvalue weighted by molar-refractivity contribution is -0.135. The molecular formula is C13H17Cl2NO3. The van der Waals surface area contributed by atoms with E-state index in [1.165, 1.54) is 0 Å². The monoisotopic (exact) mass is 305 g/mol. The third-order valence-electron chi connectivity index (χ3n) is 2.52. The Labute approximate surface area is 123 Å². The normalized spacial score (nSPS) is 10.5. The fourth-order valence-corrected chi connectivity index (χ4v) is 1.81. The van der Waals surface area contributed by atoms with E-state index in [9.17, 15) is 4.79 Å². The minimum Gasteiger partial charge on any atom is -0.382 e. The first kappa shape index (κ1) is 16.2. The molecule has 1 rings (SSSR count). The van der Waals surface area contributed by atoms with Crippen LogP contribution in [0.25, 0.3) is 0 Å². The molecule has 0 aliphatic heterocycles. The molecule has 19 heavy (non-hydrogen) atoms. The number of rotatable bonds is 7. The van der Waals surface area contributed by atoms with Crippen LogP contribution in [0.3, 0.4) is 0 Å². The lowest BCUT2D eigenvalue weighted by Crippen LogP contribution is -2.30. The predicted molar refractivity (Wildman–Crippen MR) is 75.6 cm³/mol. The fourth-order valence-electron chi connectivity index (χ4n) is 1.43. The van der Waals surface area contributed by atoms with Gasteiger partial charge in [0.05, 0.1) is 23.3 Å². The van der Waals surface area contributed by atoms with Gasteiger partial charge in [-0.15, -0.1) is 0 Å². The quantitative estimate of drug-likeness (QED) is 0.727. The van der Waals surface area contributed by atoms with Crippen LogP contribution in [-0.4, -0.2) is 44.8 Å². The molecular weight excluding hydrogens is 289 g/mol. The molecule has 0 N–H and O–H groups in total. The molecule has 0 radical (unpaired) electrons. The molecule has 0 saturated carbocycles. The molecule has 1 amide bonds. The fraction of sp³-hybridized carbons (Fsp3) is 0.462. The summed E-state index contributed by atoms with van der Waals surface area (Å²) in [7, 11) is 3.28. The van der Waals surface area contributed by atoms with Crippen LogP contribution < -0.4 is 0 Å². The number of carbonyl (C=O) groups is 1. The van der Waals surface area contributed by atoms with E-state index in [1.54, 1.807) is 31.2 Å². The number of halogens is 2. The molecule has 0 heterocycles. The molecule has 0 atom stereocenters. The molecule has 0 fully saturated rings. The van der Waals surface area contributed by atoms with Crippen LogP contribution >= 0.6 is 23.2 Å². The molecule has 1 aromatic carbocycles. The van der Waals surface area contributed by atoms with Crippen LogP contribution in [0.2, 0.25) is 10.0 Å². The van der Waals surface area contributed by atoms with Crippen LogP contribution in [0, 0.1) is 0 Å². The smallest absolute Gasteiger partial charge is 0.248 e. The molecule has 0 bridgehead atoms. The van der Waals surface area contributed by atoms with Crippen molar-refractivity contribution in [3.8, 4) is 0 Å². The largest absolute Gasteiger partial charge is 0.382 e. The molecule has 0 aliphatic rings. The molecule has 0 spiro atoms. The Morgan fingerprint density at radius 1 is 1.32 bits per heavy atom. The van der Waals surface area contributed by atoms with Crippen LogP contribution in [0.15, 0.2) is 18.2 Å². The Morgan fingerprint density at radius 3 is 2.74 bits per heavy atom. The summed E-state index contributed by atoms with van der Waals surface area (Å²) in [5.41, 5.74) is 0.807. The second-order valence-corrected chi connectivity index (χ2v) is 4.79. The highest BCUT2D eigenvalue weighted by Gasteiger charge is 2.12. The first-order valence-electron chi connectivity index (χ1n) is 5.79. The molecule has 0 aliphatic carbocycles. The van der Waals surface area contributed by atoms with Crippen molar-refractivity contribution in [3.05, 3.63) is 33.8 Å². The van der Waals surface area contributed by atoms with Crippen molar-refractivity contribution in [1.29, 1.82) is 0 Å². The summed E-state index contributed by atoms with van der Waals surface area (Å²) in [6, 6.07) is 5.35. The summed E-state index contributed by atoms with van der Waals surface area (Å²) in [5, 5.41) is 0.959. The summed E-state index contributed by atoms with van der Waals surface area (Å²) in [4.78, 5) is 13.3. The summed E-state index contributed by atoms with van der Waals surface area (Å²) in [5.74, 6) is -0.118. The molecule has 0 aromatic heterocycles. The summed E-state index contributed by atoms with van der Waals surface area (Å²) in [6.45, 7) is 1.29. The molecule has 1 aromatic rings. The highest BCUT2D eigenvalue weighted by molar-refractivity contribution is 6.42. The van der Waals surface area contributed by atoms with E-state index in [0.717, 1.165) is 5.56 Å². The number of ether oxygens (including phenoxy) is 2. The van der Waals surface area contributed by atoms with Gasteiger partial charge in [0, 0.05) is 20.7 Å². The molecule has 0 saturated heterocycles. The highest BCUT2D eigenvalue weighted by atomic mass is 35.5. The summed E-state index contributed by atoms with van der Waals surface area (Å²) in [6.07, 6.45) is 0. The van der Waals surface area contributed by atoms with E-state index in [2.05, 4.69) is 0 Å². The Balaban J connectivity index is 2.47. The van der Waals surface area contributed by atoms with Gasteiger partial charge < -0.3 is 14.4 Å². The molecule has 106 valence electrons. The molecule has 4 nitrogen and oxygen atoms in total. The first-order valence-corrected chi connectivity index (χ1v) is 6.55. The van der Waals surface area contributed by atoms with Crippen molar-refractivity contribution in [2.24, 2.45) is 0 Å². The van der Waals surface area contributed by atoms with Crippen molar-refractivity contribution in [2.75, 3.05) is 34.0 Å². The Bertz CT molecular complexity index is 426. The van der Waals surface area contributed by atoms with E-state index < -0.39 is 0 Å². The van der Waals surface area contributed by atoms with E-state index in [-0.39, 0.29) is 12.5 Å². The number of nitrogens with zero attached hydrogens (tertiary/aromatic N) is 1. The maximum Gasteiger partial charge on any atom is 0.248 e. The van der Waals surface area contributed by atoms with Crippen LogP contribution in [0.1, 0.15) is 5.56 Å². The van der Waals surface area contributed by atoms with E-state index in [0.29, 0.717) is 29.8 Å². The minimum absolute atomic E-state index is 0.0258. The van der Waals surface area contributed by atoms with Crippen molar-refractivity contribution in [1.82, 2.24) is 4.90 Å². The van der Waals surface area contributed by atoms with Gasteiger partial charge in [-0.3, -0.25) is 4.79 Å². The highest BCUT2D eigenvalue weighted by Crippen LogP contribution is 2.26. The maximum atomic E-state index is 11.8. The van der Waals surface area contributed by atoms with Crippen molar-refractivity contribution < 1.29 is 14.3 Å². The zero-order chi connectivity index (χ0) is 14.3. The van der Waals surface area contributed by atoms with E-state index >= 15 is 0 Å². The van der Waals surface area contributed by atoms with Gasteiger partial charge in [0.2, 0.25) is 5.91 Å². The topological polar surface area (TPSA) is 38.8 Å². The van der Waals surface area contributed by atoms with Crippen LogP contribution in [-0.2, 0) is 20.8 Å².